The number of H-pyrrole nitrogens is 1. The summed E-state index contributed by atoms with van der Waals surface area (Å²) in [4.78, 5) is 6.30. The summed E-state index contributed by atoms with van der Waals surface area (Å²) in [6.45, 7) is 1.22. The Labute approximate surface area is 101 Å². The number of rotatable bonds is 8. The highest BCUT2D eigenvalue weighted by Crippen LogP contribution is 2.11. The van der Waals surface area contributed by atoms with Crippen molar-refractivity contribution >= 4 is 10.0 Å². The quantitative estimate of drug-likeness (QED) is 0.695. The molecule has 1 heterocycles. The van der Waals surface area contributed by atoms with Crippen LogP contribution in [0.1, 0.15) is 0 Å². The summed E-state index contributed by atoms with van der Waals surface area (Å²) in [5.41, 5.74) is 0. The van der Waals surface area contributed by atoms with Crippen LogP contribution in [0.5, 0.6) is 0 Å². The number of ether oxygens (including phenoxy) is 2. The first-order valence-corrected chi connectivity index (χ1v) is 6.53. The van der Waals surface area contributed by atoms with Gasteiger partial charge in [0.05, 0.1) is 25.7 Å². The Balaban J connectivity index is 2.80. The summed E-state index contributed by atoms with van der Waals surface area (Å²) >= 11 is 0. The fraction of sp³-hybridized carbons (Fsp3) is 0.667. The molecule has 17 heavy (non-hydrogen) atoms. The van der Waals surface area contributed by atoms with Gasteiger partial charge < -0.3 is 14.5 Å². The minimum absolute atomic E-state index is 0.0738. The first-order chi connectivity index (χ1) is 8.12. The van der Waals surface area contributed by atoms with Crippen molar-refractivity contribution in [2.45, 2.75) is 5.03 Å². The van der Waals surface area contributed by atoms with E-state index in [1.54, 1.807) is 0 Å². The molecule has 0 atom stereocenters. The lowest BCUT2D eigenvalue weighted by molar-refractivity contribution is 0.150. The largest absolute Gasteiger partial charge is 0.383 e. The standard InChI is InChI=1S/C9H17N3O4S/c1-15-5-3-12(4-6-16-2)17(13,14)9-7-10-8-11-9/h7-8H,3-6H2,1-2H3,(H,10,11). The molecule has 8 heteroatoms. The van der Waals surface area contributed by atoms with E-state index in [0.717, 1.165) is 0 Å². The maximum Gasteiger partial charge on any atom is 0.260 e. The molecule has 98 valence electrons. The van der Waals surface area contributed by atoms with Crippen LogP contribution < -0.4 is 0 Å². The van der Waals surface area contributed by atoms with Crippen LogP contribution in [0, 0.1) is 0 Å². The van der Waals surface area contributed by atoms with Crippen LogP contribution in [0.4, 0.5) is 0 Å². The van der Waals surface area contributed by atoms with Gasteiger partial charge in [-0.1, -0.05) is 0 Å². The van der Waals surface area contributed by atoms with E-state index in [2.05, 4.69) is 9.97 Å². The minimum atomic E-state index is -3.55. The summed E-state index contributed by atoms with van der Waals surface area (Å²) in [7, 11) is -0.497. The molecule has 1 aromatic rings. The summed E-state index contributed by atoms with van der Waals surface area (Å²) < 4.78 is 35.4. The van der Waals surface area contributed by atoms with Gasteiger partial charge in [-0.15, -0.1) is 0 Å². The van der Waals surface area contributed by atoms with Gasteiger partial charge in [-0.3, -0.25) is 0 Å². The molecule has 0 aliphatic heterocycles. The van der Waals surface area contributed by atoms with Crippen LogP contribution in [0.2, 0.25) is 0 Å². The maximum absolute atomic E-state index is 12.1. The van der Waals surface area contributed by atoms with Crippen molar-refractivity contribution in [1.29, 1.82) is 0 Å². The fourth-order valence-corrected chi connectivity index (χ4v) is 2.57. The molecule has 0 aliphatic rings. The molecule has 1 rings (SSSR count). The zero-order valence-corrected chi connectivity index (χ0v) is 10.7. The van der Waals surface area contributed by atoms with E-state index in [1.807, 2.05) is 0 Å². The van der Waals surface area contributed by atoms with E-state index in [1.165, 1.54) is 31.0 Å². The molecule has 0 saturated carbocycles. The molecule has 0 aliphatic carbocycles. The Hall–Kier alpha value is -0.960. The molecule has 0 spiro atoms. The molecule has 0 bridgehead atoms. The first kappa shape index (κ1) is 14.1. The predicted octanol–water partition coefficient (Wildman–Crippen LogP) is -0.307. The zero-order valence-electron chi connectivity index (χ0n) is 9.92. The number of methoxy groups -OCH3 is 2. The molecular weight excluding hydrogens is 246 g/mol. The van der Waals surface area contributed by atoms with Crippen LogP contribution in [0.3, 0.4) is 0 Å². The van der Waals surface area contributed by atoms with Crippen molar-refractivity contribution < 1.29 is 17.9 Å². The summed E-state index contributed by atoms with van der Waals surface area (Å²) in [5, 5.41) is 0.0738. The van der Waals surface area contributed by atoms with E-state index in [-0.39, 0.29) is 18.1 Å². The number of sulfonamides is 1. The Morgan fingerprint density at radius 2 is 1.88 bits per heavy atom. The topological polar surface area (TPSA) is 84.5 Å². The summed E-state index contributed by atoms with van der Waals surface area (Å²) in [6, 6.07) is 0. The van der Waals surface area contributed by atoms with Gasteiger partial charge in [-0.25, -0.2) is 13.4 Å². The smallest absolute Gasteiger partial charge is 0.260 e. The van der Waals surface area contributed by atoms with Crippen LogP contribution >= 0.6 is 0 Å². The lowest BCUT2D eigenvalue weighted by Crippen LogP contribution is -2.36. The van der Waals surface area contributed by atoms with Crippen molar-refractivity contribution in [2.24, 2.45) is 0 Å². The van der Waals surface area contributed by atoms with Gasteiger partial charge in [0, 0.05) is 27.3 Å². The number of hydrogen-bond acceptors (Lipinski definition) is 5. The molecule has 0 amide bonds. The minimum Gasteiger partial charge on any atom is -0.383 e. The lowest BCUT2D eigenvalue weighted by Gasteiger charge is -2.20. The normalized spacial score (nSPS) is 12.2. The molecule has 0 fully saturated rings. The molecule has 0 aromatic carbocycles. The monoisotopic (exact) mass is 263 g/mol. The second kappa shape index (κ2) is 6.70. The van der Waals surface area contributed by atoms with Gasteiger partial charge in [0.2, 0.25) is 0 Å². The van der Waals surface area contributed by atoms with Crippen molar-refractivity contribution in [3.8, 4) is 0 Å². The van der Waals surface area contributed by atoms with Crippen LogP contribution in [0.25, 0.3) is 0 Å². The number of nitrogens with zero attached hydrogens (tertiary/aromatic N) is 2. The molecule has 1 aromatic heterocycles. The second-order valence-corrected chi connectivity index (χ2v) is 5.21. The van der Waals surface area contributed by atoms with Crippen molar-refractivity contribution in [1.82, 2.24) is 14.3 Å². The van der Waals surface area contributed by atoms with Gasteiger partial charge in [-0.05, 0) is 0 Å². The van der Waals surface area contributed by atoms with Gasteiger partial charge in [0.25, 0.3) is 10.0 Å². The SMILES string of the molecule is COCCN(CCOC)S(=O)(=O)c1cnc[nH]1. The van der Waals surface area contributed by atoms with E-state index in [0.29, 0.717) is 13.2 Å². The van der Waals surface area contributed by atoms with E-state index in [9.17, 15) is 8.42 Å². The van der Waals surface area contributed by atoms with Crippen molar-refractivity contribution in [3.63, 3.8) is 0 Å². The third-order valence-electron chi connectivity index (χ3n) is 2.18. The predicted molar refractivity (Wildman–Crippen MR) is 61.1 cm³/mol. The average molecular weight is 263 g/mol. The van der Waals surface area contributed by atoms with Gasteiger partial charge in [0.1, 0.15) is 0 Å². The maximum atomic E-state index is 12.1. The Bertz CT molecular complexity index is 396. The Kier molecular flexibility index (Phi) is 5.56. The molecular formula is C9H17N3O4S. The number of aromatic amines is 1. The van der Waals surface area contributed by atoms with Gasteiger partial charge >= 0.3 is 0 Å². The van der Waals surface area contributed by atoms with E-state index >= 15 is 0 Å². The molecule has 1 N–H and O–H groups in total. The van der Waals surface area contributed by atoms with Gasteiger partial charge in [0.15, 0.2) is 5.03 Å². The summed E-state index contributed by atoms with van der Waals surface area (Å²) in [5.74, 6) is 0. The fourth-order valence-electron chi connectivity index (χ4n) is 1.26. The third-order valence-corrected chi connectivity index (χ3v) is 4.00. The second-order valence-electron chi connectivity index (χ2n) is 3.31. The highest BCUT2D eigenvalue weighted by molar-refractivity contribution is 7.89. The highest BCUT2D eigenvalue weighted by atomic mass is 32.2. The Morgan fingerprint density at radius 3 is 2.29 bits per heavy atom. The highest BCUT2D eigenvalue weighted by Gasteiger charge is 2.24. The molecule has 7 nitrogen and oxygen atoms in total. The number of nitrogens with one attached hydrogen (secondary N) is 1. The summed E-state index contributed by atoms with van der Waals surface area (Å²) in [6.07, 6.45) is 2.61. The van der Waals surface area contributed by atoms with E-state index in [4.69, 9.17) is 9.47 Å². The third kappa shape index (κ3) is 3.77. The number of aromatic nitrogens is 2. The molecule has 0 saturated heterocycles. The zero-order chi connectivity index (χ0) is 12.7. The van der Waals surface area contributed by atoms with Crippen molar-refractivity contribution in [3.05, 3.63) is 12.5 Å². The lowest BCUT2D eigenvalue weighted by atomic mass is 10.6. The molecule has 0 radical (unpaired) electrons. The first-order valence-electron chi connectivity index (χ1n) is 5.09. The Morgan fingerprint density at radius 1 is 1.29 bits per heavy atom. The van der Waals surface area contributed by atoms with E-state index < -0.39 is 10.0 Å². The number of hydrogen-bond donors (Lipinski definition) is 1. The van der Waals surface area contributed by atoms with Crippen LogP contribution in [-0.2, 0) is 19.5 Å². The van der Waals surface area contributed by atoms with Crippen LogP contribution in [0.15, 0.2) is 17.6 Å². The average Bonchev–Trinajstić information content (AvgIpc) is 2.83. The number of imidazole rings is 1. The van der Waals surface area contributed by atoms with Crippen LogP contribution in [-0.4, -0.2) is 63.2 Å². The molecule has 0 unspecified atom stereocenters. The van der Waals surface area contributed by atoms with Gasteiger partial charge in [-0.2, -0.15) is 4.31 Å². The van der Waals surface area contributed by atoms with Crippen molar-refractivity contribution in [2.75, 3.05) is 40.5 Å².